The molecule has 0 aliphatic carbocycles. The zero-order valence-corrected chi connectivity index (χ0v) is 16.0. The Morgan fingerprint density at radius 1 is 0.862 bits per heavy atom. The second-order valence-corrected chi connectivity index (χ2v) is 6.89. The van der Waals surface area contributed by atoms with Gasteiger partial charge < -0.3 is 9.47 Å². The zero-order valence-electron chi connectivity index (χ0n) is 16.0. The lowest BCUT2D eigenvalue weighted by Gasteiger charge is -2.27. The average Bonchev–Trinajstić information content (AvgIpc) is 2.79. The minimum atomic E-state index is -0.618. The second-order valence-electron chi connectivity index (χ2n) is 6.89. The molecule has 4 aromatic rings. The topological polar surface area (TPSA) is 47.9 Å². The van der Waals surface area contributed by atoms with Crippen LogP contribution in [0.5, 0.6) is 5.75 Å². The molecule has 4 aromatic carbocycles. The van der Waals surface area contributed by atoms with Crippen LogP contribution >= 0.6 is 0 Å². The molecule has 1 unspecified atom stereocenters. The molecule has 142 valence electrons. The number of rotatable bonds is 3. The van der Waals surface area contributed by atoms with E-state index in [1.54, 1.807) is 6.92 Å². The summed E-state index contributed by atoms with van der Waals surface area (Å²) in [6.45, 7) is 2.07. The first-order chi connectivity index (χ1) is 14.3. The van der Waals surface area contributed by atoms with E-state index in [2.05, 4.69) is 12.1 Å². The van der Waals surface area contributed by atoms with Crippen molar-refractivity contribution in [3.05, 3.63) is 84.4 Å². The minimum absolute atomic E-state index is 0.269. The minimum Gasteiger partial charge on any atom is -0.476 e. The van der Waals surface area contributed by atoms with E-state index in [0.29, 0.717) is 11.4 Å². The van der Waals surface area contributed by atoms with E-state index in [9.17, 15) is 4.79 Å². The Bertz CT molecular complexity index is 1260. The number of aliphatic imine (C=N–C) groups is 1. The highest BCUT2D eigenvalue weighted by molar-refractivity contribution is 6.40. The van der Waals surface area contributed by atoms with Crippen LogP contribution in [0.3, 0.4) is 0 Å². The van der Waals surface area contributed by atoms with Crippen LogP contribution in [-0.2, 0) is 9.53 Å². The lowest BCUT2D eigenvalue weighted by atomic mass is 9.96. The number of esters is 1. The maximum Gasteiger partial charge on any atom is 0.356 e. The Balaban J connectivity index is 1.83. The molecule has 1 aliphatic rings. The summed E-state index contributed by atoms with van der Waals surface area (Å²) in [6.07, 6.45) is -0.618. The molecule has 0 aromatic heterocycles. The van der Waals surface area contributed by atoms with Crippen molar-refractivity contribution in [1.82, 2.24) is 0 Å². The van der Waals surface area contributed by atoms with Crippen molar-refractivity contribution in [3.8, 4) is 5.75 Å². The summed E-state index contributed by atoms with van der Waals surface area (Å²) in [5, 5.41) is 4.11. The summed E-state index contributed by atoms with van der Waals surface area (Å²) in [5.74, 6) is 0.241. The van der Waals surface area contributed by atoms with Gasteiger partial charge in [-0.25, -0.2) is 9.79 Å². The monoisotopic (exact) mass is 381 g/mol. The molecular weight excluding hydrogens is 362 g/mol. The molecule has 0 radical (unpaired) electrons. The first-order valence-corrected chi connectivity index (χ1v) is 9.68. The molecule has 0 saturated carbocycles. The predicted octanol–water partition coefficient (Wildman–Crippen LogP) is 5.76. The molecule has 0 bridgehead atoms. The number of fused-ring (bicyclic) bond motifs is 6. The first-order valence-electron chi connectivity index (χ1n) is 9.68. The largest absolute Gasteiger partial charge is 0.476 e. The first kappa shape index (κ1) is 17.4. The molecule has 29 heavy (non-hydrogen) atoms. The summed E-state index contributed by atoms with van der Waals surface area (Å²) in [4.78, 5) is 17.6. The van der Waals surface area contributed by atoms with Crippen molar-refractivity contribution in [2.45, 2.75) is 13.0 Å². The van der Waals surface area contributed by atoms with Crippen molar-refractivity contribution >= 4 is 38.9 Å². The van der Waals surface area contributed by atoms with Gasteiger partial charge in [-0.15, -0.1) is 0 Å². The number of ether oxygens (including phenoxy) is 2. The Kier molecular flexibility index (Phi) is 4.24. The summed E-state index contributed by atoms with van der Waals surface area (Å²) < 4.78 is 11.8. The van der Waals surface area contributed by atoms with Crippen molar-refractivity contribution in [2.24, 2.45) is 4.99 Å². The number of hydrogen-bond acceptors (Lipinski definition) is 4. The van der Waals surface area contributed by atoms with E-state index in [1.165, 1.54) is 0 Å². The van der Waals surface area contributed by atoms with Gasteiger partial charge in [-0.3, -0.25) is 0 Å². The standard InChI is InChI=1S/C25H19NO3/c1-2-28-25(27)22-23(16-10-4-3-5-11-16)29-24-20-15-9-7-13-18(20)17-12-6-8-14-19(17)21(24)26-22/h3-15,23H,2H2,1H3. The van der Waals surface area contributed by atoms with Gasteiger partial charge in [0, 0.05) is 10.8 Å². The fraction of sp³-hybridized carbons (Fsp3) is 0.120. The summed E-state index contributed by atoms with van der Waals surface area (Å²) in [5.41, 5.74) is 1.81. The van der Waals surface area contributed by atoms with Crippen molar-refractivity contribution < 1.29 is 14.3 Å². The Morgan fingerprint density at radius 3 is 2.14 bits per heavy atom. The van der Waals surface area contributed by atoms with Gasteiger partial charge in [0.05, 0.1) is 6.61 Å². The number of hydrogen-bond donors (Lipinski definition) is 0. The zero-order chi connectivity index (χ0) is 19.8. The van der Waals surface area contributed by atoms with Crippen LogP contribution in [0, 0.1) is 0 Å². The fourth-order valence-electron chi connectivity index (χ4n) is 3.88. The molecule has 1 atom stereocenters. The van der Waals surface area contributed by atoms with E-state index in [1.807, 2.05) is 66.7 Å². The number of benzene rings is 4. The number of carbonyl (C=O) groups excluding carboxylic acids is 1. The molecular formula is C25H19NO3. The average molecular weight is 381 g/mol. The molecule has 0 amide bonds. The van der Waals surface area contributed by atoms with Gasteiger partial charge >= 0.3 is 5.97 Å². The van der Waals surface area contributed by atoms with E-state index < -0.39 is 12.1 Å². The van der Waals surface area contributed by atoms with Crippen molar-refractivity contribution in [2.75, 3.05) is 6.61 Å². The van der Waals surface area contributed by atoms with Crippen molar-refractivity contribution in [3.63, 3.8) is 0 Å². The van der Waals surface area contributed by atoms with Crippen LogP contribution in [0.15, 0.2) is 83.9 Å². The lowest BCUT2D eigenvalue weighted by molar-refractivity contribution is -0.135. The fourth-order valence-corrected chi connectivity index (χ4v) is 3.88. The molecule has 1 aliphatic heterocycles. The van der Waals surface area contributed by atoms with E-state index in [4.69, 9.17) is 14.5 Å². The van der Waals surface area contributed by atoms with Crippen molar-refractivity contribution in [1.29, 1.82) is 0 Å². The van der Waals surface area contributed by atoms with Gasteiger partial charge in [-0.05, 0) is 23.3 Å². The molecule has 0 fully saturated rings. The lowest BCUT2D eigenvalue weighted by Crippen LogP contribution is -2.30. The van der Waals surface area contributed by atoms with Crippen LogP contribution in [-0.4, -0.2) is 18.3 Å². The maximum atomic E-state index is 12.8. The molecule has 0 saturated heterocycles. The van der Waals surface area contributed by atoms with E-state index in [0.717, 1.165) is 27.1 Å². The van der Waals surface area contributed by atoms with E-state index >= 15 is 0 Å². The van der Waals surface area contributed by atoms with Gasteiger partial charge in [0.1, 0.15) is 5.69 Å². The highest BCUT2D eigenvalue weighted by atomic mass is 16.5. The van der Waals surface area contributed by atoms with Gasteiger partial charge in [0.15, 0.2) is 17.6 Å². The summed E-state index contributed by atoms with van der Waals surface area (Å²) in [6, 6.07) is 25.9. The van der Waals surface area contributed by atoms with Gasteiger partial charge in [-0.1, -0.05) is 78.9 Å². The Morgan fingerprint density at radius 2 is 1.45 bits per heavy atom. The van der Waals surface area contributed by atoms with Crippen LogP contribution in [0.25, 0.3) is 21.5 Å². The van der Waals surface area contributed by atoms with Crippen LogP contribution in [0.1, 0.15) is 18.6 Å². The predicted molar refractivity (Wildman–Crippen MR) is 115 cm³/mol. The van der Waals surface area contributed by atoms with Gasteiger partial charge in [-0.2, -0.15) is 0 Å². The smallest absolute Gasteiger partial charge is 0.356 e. The second kappa shape index (κ2) is 7.06. The summed E-state index contributed by atoms with van der Waals surface area (Å²) >= 11 is 0. The van der Waals surface area contributed by atoms with Crippen LogP contribution in [0.4, 0.5) is 5.69 Å². The maximum absolute atomic E-state index is 12.8. The van der Waals surface area contributed by atoms with Gasteiger partial charge in [0.2, 0.25) is 0 Å². The molecule has 1 heterocycles. The van der Waals surface area contributed by atoms with Crippen LogP contribution in [0.2, 0.25) is 0 Å². The Hall–Kier alpha value is -3.66. The highest BCUT2D eigenvalue weighted by Gasteiger charge is 2.34. The number of carbonyl (C=O) groups is 1. The molecule has 5 rings (SSSR count). The SMILES string of the molecule is CCOC(=O)C1=Nc2c(c3ccccc3c3ccccc23)OC1c1ccccc1. The number of nitrogens with zero attached hydrogens (tertiary/aromatic N) is 1. The summed E-state index contributed by atoms with van der Waals surface area (Å²) in [7, 11) is 0. The Labute approximate surface area is 168 Å². The van der Waals surface area contributed by atoms with Crippen LogP contribution < -0.4 is 4.74 Å². The molecule has 0 spiro atoms. The third-order valence-corrected chi connectivity index (χ3v) is 5.16. The van der Waals surface area contributed by atoms with E-state index in [-0.39, 0.29) is 12.3 Å². The molecule has 4 heteroatoms. The quantitative estimate of drug-likeness (QED) is 0.335. The highest BCUT2D eigenvalue weighted by Crippen LogP contribution is 2.48. The molecule has 4 nitrogen and oxygen atoms in total. The third-order valence-electron chi connectivity index (χ3n) is 5.16. The molecule has 0 N–H and O–H groups in total. The normalized spacial score (nSPS) is 15.5. The third kappa shape index (κ3) is 2.85. The van der Waals surface area contributed by atoms with Gasteiger partial charge in [0.25, 0.3) is 0 Å².